The smallest absolute Gasteiger partial charge is 0.244 e. The summed E-state index contributed by atoms with van der Waals surface area (Å²) in [5, 5.41) is 6.21. The first-order valence-corrected chi connectivity index (χ1v) is 28.0. The molecule has 6 nitrogen and oxygen atoms in total. The zero-order valence-corrected chi connectivity index (χ0v) is 43.8. The minimum absolute atomic E-state index is 0.124. The lowest BCUT2D eigenvalue weighted by atomic mass is 9.84. The molecule has 0 saturated carbocycles. The number of carbonyl (C=O) groups excluding carboxylic acids is 3. The molecule has 0 saturated heterocycles. The number of amides is 3. The highest BCUT2D eigenvalue weighted by Gasteiger charge is 2.42. The van der Waals surface area contributed by atoms with E-state index in [1.165, 1.54) is 11.8 Å². The highest BCUT2D eigenvalue weighted by Crippen LogP contribution is 2.51. The van der Waals surface area contributed by atoms with E-state index in [9.17, 15) is 9.59 Å². The molecule has 9 heteroatoms. The van der Waals surface area contributed by atoms with E-state index >= 15 is 4.79 Å². The fourth-order valence-corrected chi connectivity index (χ4v) is 14.4. The number of rotatable bonds is 23. The predicted molar refractivity (Wildman–Crippen MR) is 312 cm³/mol. The van der Waals surface area contributed by atoms with Crippen LogP contribution in [0.25, 0.3) is 0 Å². The molecule has 0 aliphatic rings. The Bertz CT molecular complexity index is 2910. The van der Waals surface area contributed by atoms with Crippen LogP contribution in [0.1, 0.15) is 50.1 Å². The quantitative estimate of drug-likeness (QED) is 0.0552. The molecule has 3 amide bonds. The fraction of sp³-hybridized carbons (Fsp3) is 0.121. The Morgan fingerprint density at radius 1 is 0.347 bits per heavy atom. The van der Waals surface area contributed by atoms with Crippen molar-refractivity contribution in [3.8, 4) is 0 Å². The summed E-state index contributed by atoms with van der Waals surface area (Å²) in [4.78, 5) is 43.7. The molecule has 75 heavy (non-hydrogen) atoms. The Hall–Kier alpha value is -7.56. The molecular formula is C66H58N3O3S3. The SMILES string of the molecule is NC(=O)[C@H](CSC(c1ccccc1)(c1ccccc1)c1ccccc1)NC(=O)[C@H](CSC(c1ccccc1)(c1ccccc1)c1ccccc1)NC(=O)[CH]CSC(c1ccccc1)(c1ccccc1)c1ccccc1. The molecule has 373 valence electrons. The topological polar surface area (TPSA) is 101 Å². The first-order chi connectivity index (χ1) is 36.8. The van der Waals surface area contributed by atoms with Gasteiger partial charge in [-0.3, -0.25) is 14.4 Å². The molecule has 1 radical (unpaired) electrons. The summed E-state index contributed by atoms with van der Waals surface area (Å²) < 4.78 is -2.27. The molecule has 0 bridgehead atoms. The van der Waals surface area contributed by atoms with E-state index in [4.69, 9.17) is 5.73 Å². The molecule has 0 spiro atoms. The average Bonchev–Trinajstić information content (AvgIpc) is 3.48. The molecule has 2 atom stereocenters. The molecule has 0 aliphatic heterocycles. The van der Waals surface area contributed by atoms with Gasteiger partial charge in [0.2, 0.25) is 17.7 Å². The van der Waals surface area contributed by atoms with Gasteiger partial charge in [0.25, 0.3) is 0 Å². The maximum absolute atomic E-state index is 15.3. The summed E-state index contributed by atoms with van der Waals surface area (Å²) in [5.41, 5.74) is 15.5. The van der Waals surface area contributed by atoms with Crippen molar-refractivity contribution in [1.82, 2.24) is 10.6 Å². The van der Waals surface area contributed by atoms with Crippen molar-refractivity contribution in [3.05, 3.63) is 329 Å². The number of benzene rings is 9. The lowest BCUT2D eigenvalue weighted by Crippen LogP contribution is -2.55. The van der Waals surface area contributed by atoms with E-state index in [2.05, 4.69) is 120 Å². The Balaban J connectivity index is 1.05. The predicted octanol–water partition coefficient (Wildman–Crippen LogP) is 12.8. The number of nitrogens with two attached hydrogens (primary N) is 1. The Morgan fingerprint density at radius 2 is 0.573 bits per heavy atom. The second kappa shape index (κ2) is 25.1. The van der Waals surface area contributed by atoms with Crippen molar-refractivity contribution in [2.24, 2.45) is 5.73 Å². The van der Waals surface area contributed by atoms with Gasteiger partial charge in [-0.2, -0.15) is 0 Å². The number of hydrogen-bond donors (Lipinski definition) is 3. The van der Waals surface area contributed by atoms with Crippen LogP contribution in [0.3, 0.4) is 0 Å². The van der Waals surface area contributed by atoms with Crippen LogP contribution in [0, 0.1) is 6.42 Å². The van der Waals surface area contributed by atoms with Gasteiger partial charge in [0, 0.05) is 17.3 Å². The molecule has 9 rings (SSSR count). The van der Waals surface area contributed by atoms with Crippen LogP contribution in [0.4, 0.5) is 0 Å². The molecule has 0 heterocycles. The minimum Gasteiger partial charge on any atom is -0.368 e. The zero-order chi connectivity index (χ0) is 51.8. The van der Waals surface area contributed by atoms with Crippen LogP contribution in [-0.2, 0) is 28.6 Å². The molecule has 0 aromatic heterocycles. The fourth-order valence-electron chi connectivity index (χ4n) is 9.85. The first-order valence-electron chi connectivity index (χ1n) is 25.0. The number of primary amides is 1. The molecule has 9 aromatic rings. The van der Waals surface area contributed by atoms with Crippen molar-refractivity contribution in [2.75, 3.05) is 17.3 Å². The maximum atomic E-state index is 15.3. The normalized spacial score (nSPS) is 12.5. The first kappa shape index (κ1) is 52.3. The lowest BCUT2D eigenvalue weighted by Gasteiger charge is -2.37. The summed E-state index contributed by atoms with van der Waals surface area (Å²) in [5.74, 6) is -1.09. The molecule has 4 N–H and O–H groups in total. The largest absolute Gasteiger partial charge is 0.368 e. The van der Waals surface area contributed by atoms with Gasteiger partial charge in [0.05, 0.1) is 20.7 Å². The van der Waals surface area contributed by atoms with Gasteiger partial charge in [-0.1, -0.05) is 273 Å². The molecule has 0 unspecified atom stereocenters. The van der Waals surface area contributed by atoms with E-state index in [-0.39, 0.29) is 11.5 Å². The van der Waals surface area contributed by atoms with Gasteiger partial charge in [0.1, 0.15) is 12.1 Å². The van der Waals surface area contributed by atoms with Gasteiger partial charge >= 0.3 is 0 Å². The van der Waals surface area contributed by atoms with Crippen molar-refractivity contribution in [2.45, 2.75) is 26.3 Å². The summed E-state index contributed by atoms with van der Waals surface area (Å²) in [6.45, 7) is 0. The number of thioether (sulfide) groups is 3. The number of nitrogens with one attached hydrogen (secondary N) is 2. The average molecular weight is 1040 g/mol. The van der Waals surface area contributed by atoms with E-state index in [1.807, 2.05) is 164 Å². The van der Waals surface area contributed by atoms with Gasteiger partial charge < -0.3 is 16.4 Å². The second-order valence-corrected chi connectivity index (χ2v) is 21.7. The highest BCUT2D eigenvalue weighted by atomic mass is 32.2. The minimum atomic E-state index is -1.12. The van der Waals surface area contributed by atoms with E-state index in [0.29, 0.717) is 5.75 Å². The maximum Gasteiger partial charge on any atom is 0.244 e. The standard InChI is InChI=1S/C66H58N3O3S3/c67-62(71)59(48-74-65(53-34-16-4-17-35-53,54-36-18-5-19-37-54)55-38-20-6-21-39-55)69-63(72)60(49-75-66(56-40-22-7-23-41-56,57-42-24-8-25-43-57)58-44-26-9-27-45-58)68-61(70)46-47-73-64(50-28-10-1-11-29-50,51-30-12-2-13-31-51)52-32-14-3-15-33-52/h1-46,59-60H,47-49H2,(H2,67,71)(H,68,70)(H,69,72)/t59-,60-/m0/s1. The summed E-state index contributed by atoms with van der Waals surface area (Å²) in [7, 11) is 0. The van der Waals surface area contributed by atoms with Crippen molar-refractivity contribution in [1.29, 1.82) is 0 Å². The molecular weight excluding hydrogens is 979 g/mol. The third-order valence-corrected chi connectivity index (χ3v) is 18.2. The zero-order valence-electron chi connectivity index (χ0n) is 41.4. The third kappa shape index (κ3) is 11.7. The van der Waals surface area contributed by atoms with E-state index < -0.39 is 44.0 Å². The number of hydrogen-bond acceptors (Lipinski definition) is 6. The van der Waals surface area contributed by atoms with Crippen molar-refractivity contribution < 1.29 is 14.4 Å². The second-order valence-electron chi connectivity index (χ2n) is 18.0. The molecule has 0 aliphatic carbocycles. The van der Waals surface area contributed by atoms with E-state index in [0.717, 1.165) is 50.1 Å². The van der Waals surface area contributed by atoms with E-state index in [1.54, 1.807) is 29.9 Å². The number of carbonyl (C=O) groups is 3. The Morgan fingerprint density at radius 3 is 0.813 bits per heavy atom. The summed E-state index contributed by atoms with van der Waals surface area (Å²) in [6.07, 6.45) is 1.62. The molecule has 0 fully saturated rings. The van der Waals surface area contributed by atoms with Crippen LogP contribution in [-0.4, -0.2) is 47.1 Å². The van der Waals surface area contributed by atoms with Crippen LogP contribution in [0.15, 0.2) is 273 Å². The summed E-state index contributed by atoms with van der Waals surface area (Å²) >= 11 is 4.72. The Labute approximate surface area is 454 Å². The molecule has 9 aromatic carbocycles. The van der Waals surface area contributed by atoms with Crippen molar-refractivity contribution in [3.63, 3.8) is 0 Å². The van der Waals surface area contributed by atoms with Gasteiger partial charge in [-0.25, -0.2) is 0 Å². The third-order valence-electron chi connectivity index (χ3n) is 13.4. The Kier molecular flexibility index (Phi) is 17.5. The van der Waals surface area contributed by atoms with Crippen LogP contribution < -0.4 is 16.4 Å². The van der Waals surface area contributed by atoms with Gasteiger partial charge in [-0.05, 0) is 50.1 Å². The van der Waals surface area contributed by atoms with Crippen molar-refractivity contribution >= 4 is 53.0 Å². The highest BCUT2D eigenvalue weighted by molar-refractivity contribution is 8.01. The summed E-state index contributed by atoms with van der Waals surface area (Å²) in [6, 6.07) is 90.0. The van der Waals surface area contributed by atoms with Crippen LogP contribution in [0.5, 0.6) is 0 Å². The monoisotopic (exact) mass is 1040 g/mol. The van der Waals surface area contributed by atoms with Crippen LogP contribution >= 0.6 is 35.3 Å². The lowest BCUT2D eigenvalue weighted by molar-refractivity contribution is -0.129. The van der Waals surface area contributed by atoms with Crippen LogP contribution in [0.2, 0.25) is 0 Å². The van der Waals surface area contributed by atoms with Gasteiger partial charge in [-0.15, -0.1) is 35.3 Å². The van der Waals surface area contributed by atoms with Gasteiger partial charge in [0.15, 0.2) is 0 Å².